The maximum atomic E-state index is 12.7. The van der Waals surface area contributed by atoms with Gasteiger partial charge >= 0.3 is 6.18 Å². The standard InChI is InChI=1S/C11H16F3N5.HI/c1-15-10(16-2)19-7-6-18-9-8(11(12,13)14)4-3-5-17-9;/h3-5H,6-7H2,1-2H3,(H,17,18)(H2,15,16,19);1H. The SMILES string of the molecule is CN=C(NC)NCCNc1ncccc1C(F)(F)F.I. The van der Waals surface area contributed by atoms with Crippen molar-refractivity contribution in [1.82, 2.24) is 15.6 Å². The van der Waals surface area contributed by atoms with Crippen LogP contribution in [0.4, 0.5) is 19.0 Å². The molecule has 0 spiro atoms. The molecule has 0 bridgehead atoms. The average molecular weight is 403 g/mol. The Hall–Kier alpha value is -1.26. The van der Waals surface area contributed by atoms with Crippen LogP contribution in [0, 0.1) is 0 Å². The van der Waals surface area contributed by atoms with E-state index >= 15 is 0 Å². The first kappa shape index (κ1) is 18.7. The quantitative estimate of drug-likeness (QED) is 0.311. The molecule has 0 amide bonds. The van der Waals surface area contributed by atoms with Gasteiger partial charge in [-0.1, -0.05) is 0 Å². The Labute approximate surface area is 132 Å². The van der Waals surface area contributed by atoms with Gasteiger partial charge in [0.05, 0.1) is 5.56 Å². The van der Waals surface area contributed by atoms with Gasteiger partial charge in [-0.25, -0.2) is 4.98 Å². The molecule has 0 fully saturated rings. The van der Waals surface area contributed by atoms with E-state index in [-0.39, 0.29) is 29.8 Å². The summed E-state index contributed by atoms with van der Waals surface area (Å²) in [4.78, 5) is 7.58. The van der Waals surface area contributed by atoms with Gasteiger partial charge in [-0.3, -0.25) is 4.99 Å². The molecule has 1 aromatic heterocycles. The Morgan fingerprint density at radius 3 is 2.60 bits per heavy atom. The third kappa shape index (κ3) is 5.80. The van der Waals surface area contributed by atoms with E-state index in [2.05, 4.69) is 25.9 Å². The Morgan fingerprint density at radius 2 is 2.05 bits per heavy atom. The van der Waals surface area contributed by atoms with Crippen molar-refractivity contribution in [2.75, 3.05) is 32.5 Å². The van der Waals surface area contributed by atoms with Gasteiger partial charge in [-0.15, -0.1) is 24.0 Å². The van der Waals surface area contributed by atoms with E-state index in [1.165, 1.54) is 12.3 Å². The molecule has 0 unspecified atom stereocenters. The minimum Gasteiger partial charge on any atom is -0.368 e. The first-order valence-electron chi connectivity index (χ1n) is 5.63. The van der Waals surface area contributed by atoms with E-state index < -0.39 is 11.7 Å². The summed E-state index contributed by atoms with van der Waals surface area (Å²) >= 11 is 0. The van der Waals surface area contributed by atoms with E-state index in [0.29, 0.717) is 19.0 Å². The van der Waals surface area contributed by atoms with Crippen molar-refractivity contribution in [2.24, 2.45) is 4.99 Å². The Morgan fingerprint density at radius 1 is 1.35 bits per heavy atom. The molecule has 3 N–H and O–H groups in total. The number of aliphatic imine (C=N–C) groups is 1. The summed E-state index contributed by atoms with van der Waals surface area (Å²) in [5.74, 6) is 0.398. The van der Waals surface area contributed by atoms with Crippen molar-refractivity contribution in [2.45, 2.75) is 6.18 Å². The fourth-order valence-corrected chi connectivity index (χ4v) is 1.42. The Bertz CT molecular complexity index is 436. The van der Waals surface area contributed by atoms with Gasteiger partial charge in [-0.05, 0) is 12.1 Å². The molecule has 0 atom stereocenters. The van der Waals surface area contributed by atoms with Crippen molar-refractivity contribution in [3.8, 4) is 0 Å². The van der Waals surface area contributed by atoms with Crippen LogP contribution in [0.2, 0.25) is 0 Å². The lowest BCUT2D eigenvalue weighted by Crippen LogP contribution is -2.37. The normalized spacial score (nSPS) is 11.6. The molecule has 1 heterocycles. The zero-order valence-electron chi connectivity index (χ0n) is 11.1. The smallest absolute Gasteiger partial charge is 0.368 e. The minimum absolute atomic E-state index is 0. The molecule has 0 saturated heterocycles. The second-order valence-electron chi connectivity index (χ2n) is 3.57. The summed E-state index contributed by atoms with van der Waals surface area (Å²) < 4.78 is 38.0. The molecular weight excluding hydrogens is 386 g/mol. The van der Waals surface area contributed by atoms with Crippen molar-refractivity contribution in [1.29, 1.82) is 0 Å². The van der Waals surface area contributed by atoms with Crippen LogP contribution in [-0.2, 0) is 6.18 Å². The molecule has 114 valence electrons. The highest BCUT2D eigenvalue weighted by Gasteiger charge is 2.33. The molecule has 0 saturated carbocycles. The molecule has 1 rings (SSSR count). The van der Waals surface area contributed by atoms with E-state index in [1.54, 1.807) is 14.1 Å². The Kier molecular flexibility index (Phi) is 8.26. The number of anilines is 1. The molecule has 0 radical (unpaired) electrons. The zero-order chi connectivity index (χ0) is 14.3. The number of hydrogen-bond donors (Lipinski definition) is 3. The van der Waals surface area contributed by atoms with Gasteiger partial charge in [-0.2, -0.15) is 13.2 Å². The fourth-order valence-electron chi connectivity index (χ4n) is 1.42. The number of hydrogen-bond acceptors (Lipinski definition) is 3. The highest BCUT2D eigenvalue weighted by Crippen LogP contribution is 2.33. The van der Waals surface area contributed by atoms with Gasteiger partial charge in [0.25, 0.3) is 0 Å². The number of alkyl halides is 3. The molecule has 0 aliphatic carbocycles. The first-order valence-corrected chi connectivity index (χ1v) is 5.63. The first-order chi connectivity index (χ1) is 8.99. The van der Waals surface area contributed by atoms with E-state index in [1.807, 2.05) is 0 Å². The predicted octanol–water partition coefficient (Wildman–Crippen LogP) is 1.93. The number of guanidine groups is 1. The number of rotatable bonds is 4. The lowest BCUT2D eigenvalue weighted by atomic mass is 10.2. The van der Waals surface area contributed by atoms with Gasteiger partial charge in [0.2, 0.25) is 0 Å². The molecular formula is C11H17F3IN5. The van der Waals surface area contributed by atoms with Crippen LogP contribution in [0.5, 0.6) is 0 Å². The van der Waals surface area contributed by atoms with Crippen molar-refractivity contribution < 1.29 is 13.2 Å². The van der Waals surface area contributed by atoms with E-state index in [9.17, 15) is 13.2 Å². The molecule has 5 nitrogen and oxygen atoms in total. The molecule has 0 aromatic carbocycles. The molecule has 1 aromatic rings. The van der Waals surface area contributed by atoms with Gasteiger partial charge in [0, 0.05) is 33.4 Å². The summed E-state index contributed by atoms with van der Waals surface area (Å²) in [6.07, 6.45) is -3.09. The van der Waals surface area contributed by atoms with Crippen LogP contribution in [0.15, 0.2) is 23.3 Å². The average Bonchev–Trinajstić information content (AvgIpc) is 2.38. The van der Waals surface area contributed by atoms with Crippen LogP contribution < -0.4 is 16.0 Å². The molecule has 20 heavy (non-hydrogen) atoms. The zero-order valence-corrected chi connectivity index (χ0v) is 13.4. The van der Waals surface area contributed by atoms with Crippen LogP contribution >= 0.6 is 24.0 Å². The van der Waals surface area contributed by atoms with Gasteiger partial charge < -0.3 is 16.0 Å². The number of pyridine rings is 1. The van der Waals surface area contributed by atoms with Crippen LogP contribution in [0.25, 0.3) is 0 Å². The fraction of sp³-hybridized carbons (Fsp3) is 0.455. The maximum absolute atomic E-state index is 12.7. The van der Waals surface area contributed by atoms with Crippen LogP contribution in [0.3, 0.4) is 0 Å². The number of nitrogens with zero attached hydrogens (tertiary/aromatic N) is 2. The largest absolute Gasteiger partial charge is 0.419 e. The Balaban J connectivity index is 0.00000361. The number of nitrogens with one attached hydrogen (secondary N) is 3. The molecule has 0 aliphatic heterocycles. The second-order valence-corrected chi connectivity index (χ2v) is 3.57. The highest BCUT2D eigenvalue weighted by atomic mass is 127. The highest BCUT2D eigenvalue weighted by molar-refractivity contribution is 14.0. The lowest BCUT2D eigenvalue weighted by molar-refractivity contribution is -0.137. The summed E-state index contributed by atoms with van der Waals surface area (Å²) in [6.45, 7) is 0.710. The van der Waals surface area contributed by atoms with Crippen LogP contribution in [-0.4, -0.2) is 38.1 Å². The third-order valence-corrected chi connectivity index (χ3v) is 2.28. The number of aromatic nitrogens is 1. The topological polar surface area (TPSA) is 61.3 Å². The summed E-state index contributed by atoms with van der Waals surface area (Å²) in [5, 5.41) is 8.36. The maximum Gasteiger partial charge on any atom is 0.419 e. The van der Waals surface area contributed by atoms with Crippen molar-refractivity contribution >= 4 is 35.8 Å². The van der Waals surface area contributed by atoms with Crippen molar-refractivity contribution in [3.05, 3.63) is 23.9 Å². The number of halogens is 4. The third-order valence-electron chi connectivity index (χ3n) is 2.28. The van der Waals surface area contributed by atoms with Crippen molar-refractivity contribution in [3.63, 3.8) is 0 Å². The monoisotopic (exact) mass is 403 g/mol. The molecule has 0 aliphatic rings. The van der Waals surface area contributed by atoms with Crippen LogP contribution in [0.1, 0.15) is 5.56 Å². The minimum atomic E-state index is -4.41. The molecule has 9 heteroatoms. The lowest BCUT2D eigenvalue weighted by Gasteiger charge is -2.14. The van der Waals surface area contributed by atoms with E-state index in [0.717, 1.165) is 6.07 Å². The van der Waals surface area contributed by atoms with Gasteiger partial charge in [0.15, 0.2) is 5.96 Å². The van der Waals surface area contributed by atoms with E-state index in [4.69, 9.17) is 0 Å². The summed E-state index contributed by atoms with van der Waals surface area (Å²) in [7, 11) is 3.30. The summed E-state index contributed by atoms with van der Waals surface area (Å²) in [5.41, 5.74) is -0.770. The van der Waals surface area contributed by atoms with Gasteiger partial charge in [0.1, 0.15) is 5.82 Å². The second kappa shape index (κ2) is 8.82. The predicted molar refractivity (Wildman–Crippen MR) is 83.6 cm³/mol. The summed E-state index contributed by atoms with van der Waals surface area (Å²) in [6, 6.07) is 2.25.